The molecule has 4 heteroatoms. The number of nitrogens with zero attached hydrogens (tertiary/aromatic N) is 1. The van der Waals surface area contributed by atoms with Gasteiger partial charge in [0.2, 0.25) is 0 Å². The van der Waals surface area contributed by atoms with Gasteiger partial charge in [-0.2, -0.15) is 11.8 Å². The van der Waals surface area contributed by atoms with Gasteiger partial charge >= 0.3 is 0 Å². The van der Waals surface area contributed by atoms with E-state index in [9.17, 15) is 4.39 Å². The Balaban J connectivity index is 2.62. The van der Waals surface area contributed by atoms with E-state index >= 15 is 0 Å². The number of benzene rings is 1. The second-order valence-electron chi connectivity index (χ2n) is 5.45. The Morgan fingerprint density at radius 1 is 1.33 bits per heavy atom. The number of halogens is 1. The first-order valence-electron chi connectivity index (χ1n) is 7.80. The third-order valence-electron chi connectivity index (χ3n) is 3.93. The molecule has 0 spiro atoms. The summed E-state index contributed by atoms with van der Waals surface area (Å²) in [5, 5.41) is 3.47. The average molecular weight is 312 g/mol. The Hall–Kier alpha value is -0.580. The van der Waals surface area contributed by atoms with E-state index in [0.717, 1.165) is 25.1 Å². The minimum absolute atomic E-state index is 0.155. The van der Waals surface area contributed by atoms with E-state index < -0.39 is 0 Å². The molecule has 0 heterocycles. The number of hydrogen-bond donors (Lipinski definition) is 1. The zero-order chi connectivity index (χ0) is 15.7. The van der Waals surface area contributed by atoms with Crippen molar-refractivity contribution in [2.75, 3.05) is 32.1 Å². The van der Waals surface area contributed by atoms with E-state index in [1.807, 2.05) is 17.8 Å². The minimum atomic E-state index is -0.155. The van der Waals surface area contributed by atoms with Crippen molar-refractivity contribution in [3.05, 3.63) is 35.6 Å². The quantitative estimate of drug-likeness (QED) is 0.704. The topological polar surface area (TPSA) is 15.3 Å². The summed E-state index contributed by atoms with van der Waals surface area (Å²) < 4.78 is 13.4. The fraction of sp³-hybridized carbons (Fsp3) is 0.647. The molecule has 0 saturated heterocycles. The lowest BCUT2D eigenvalue weighted by Gasteiger charge is -2.28. The molecule has 0 amide bonds. The molecule has 120 valence electrons. The summed E-state index contributed by atoms with van der Waals surface area (Å²) in [5.41, 5.74) is 1.04. The van der Waals surface area contributed by atoms with E-state index in [0.29, 0.717) is 6.04 Å². The Morgan fingerprint density at radius 3 is 2.67 bits per heavy atom. The van der Waals surface area contributed by atoms with Gasteiger partial charge in [0.05, 0.1) is 0 Å². The van der Waals surface area contributed by atoms with Crippen LogP contribution in [0.3, 0.4) is 0 Å². The van der Waals surface area contributed by atoms with Crippen LogP contribution in [0.5, 0.6) is 0 Å². The van der Waals surface area contributed by atoms with Gasteiger partial charge in [-0.05, 0) is 56.9 Å². The van der Waals surface area contributed by atoms with Crippen LogP contribution < -0.4 is 5.32 Å². The SMILES string of the molecule is CCNC(CCN(C)C(CC)CSC)c1cccc(F)c1. The molecule has 21 heavy (non-hydrogen) atoms. The number of rotatable bonds is 10. The van der Waals surface area contributed by atoms with Crippen LogP contribution in [-0.2, 0) is 0 Å². The molecule has 0 saturated carbocycles. The van der Waals surface area contributed by atoms with Crippen molar-refractivity contribution in [3.8, 4) is 0 Å². The van der Waals surface area contributed by atoms with Gasteiger partial charge < -0.3 is 10.2 Å². The molecule has 1 aromatic carbocycles. The van der Waals surface area contributed by atoms with Crippen LogP contribution in [0.15, 0.2) is 24.3 Å². The molecule has 2 atom stereocenters. The second-order valence-corrected chi connectivity index (χ2v) is 6.36. The van der Waals surface area contributed by atoms with Crippen LogP contribution in [0, 0.1) is 5.82 Å². The summed E-state index contributed by atoms with van der Waals surface area (Å²) in [7, 11) is 2.19. The van der Waals surface area contributed by atoms with Gasteiger partial charge in [0.25, 0.3) is 0 Å². The smallest absolute Gasteiger partial charge is 0.123 e. The summed E-state index contributed by atoms with van der Waals surface area (Å²) in [6.07, 6.45) is 4.33. The Labute approximate surface area is 133 Å². The number of nitrogens with one attached hydrogen (secondary N) is 1. The first-order chi connectivity index (χ1) is 10.1. The minimum Gasteiger partial charge on any atom is -0.310 e. The predicted molar refractivity (Wildman–Crippen MR) is 92.5 cm³/mol. The van der Waals surface area contributed by atoms with Crippen molar-refractivity contribution >= 4 is 11.8 Å². The van der Waals surface area contributed by atoms with Crippen LogP contribution >= 0.6 is 11.8 Å². The fourth-order valence-corrected chi connectivity index (χ4v) is 3.50. The molecule has 0 aliphatic rings. The van der Waals surface area contributed by atoms with Crippen molar-refractivity contribution in [3.63, 3.8) is 0 Å². The molecule has 0 bridgehead atoms. The third kappa shape index (κ3) is 6.37. The fourth-order valence-electron chi connectivity index (χ4n) is 2.62. The lowest BCUT2D eigenvalue weighted by molar-refractivity contribution is 0.241. The lowest BCUT2D eigenvalue weighted by Crippen LogP contribution is -2.36. The van der Waals surface area contributed by atoms with Gasteiger partial charge in [0.15, 0.2) is 0 Å². The molecule has 0 aliphatic carbocycles. The van der Waals surface area contributed by atoms with Gasteiger partial charge in [-0.3, -0.25) is 0 Å². The maximum Gasteiger partial charge on any atom is 0.123 e. The molecular formula is C17H29FN2S. The van der Waals surface area contributed by atoms with E-state index in [2.05, 4.69) is 37.4 Å². The predicted octanol–water partition coefficient (Wildman–Crippen LogP) is 3.94. The zero-order valence-corrected chi connectivity index (χ0v) is 14.5. The molecular weight excluding hydrogens is 283 g/mol. The van der Waals surface area contributed by atoms with Crippen LogP contribution in [0.25, 0.3) is 0 Å². The summed E-state index contributed by atoms with van der Waals surface area (Å²) in [5.74, 6) is 1.01. The Morgan fingerprint density at radius 2 is 2.10 bits per heavy atom. The third-order valence-corrected chi connectivity index (χ3v) is 4.64. The van der Waals surface area contributed by atoms with Gasteiger partial charge in [0, 0.05) is 17.8 Å². The monoisotopic (exact) mass is 312 g/mol. The van der Waals surface area contributed by atoms with Crippen molar-refractivity contribution in [2.45, 2.75) is 38.8 Å². The number of hydrogen-bond acceptors (Lipinski definition) is 3. The second kappa shape index (κ2) is 10.2. The van der Waals surface area contributed by atoms with Gasteiger partial charge in [0.1, 0.15) is 5.82 Å². The van der Waals surface area contributed by atoms with Crippen LogP contribution in [0.1, 0.15) is 38.3 Å². The van der Waals surface area contributed by atoms with E-state index in [1.165, 1.54) is 18.2 Å². The van der Waals surface area contributed by atoms with Crippen molar-refractivity contribution < 1.29 is 4.39 Å². The molecule has 0 aliphatic heterocycles. The first-order valence-corrected chi connectivity index (χ1v) is 9.19. The van der Waals surface area contributed by atoms with Gasteiger partial charge in [-0.15, -0.1) is 0 Å². The summed E-state index contributed by atoms with van der Waals surface area (Å²) in [4.78, 5) is 2.43. The molecule has 1 rings (SSSR count). The summed E-state index contributed by atoms with van der Waals surface area (Å²) in [6, 6.07) is 7.79. The highest BCUT2D eigenvalue weighted by Crippen LogP contribution is 2.19. The van der Waals surface area contributed by atoms with Crippen LogP contribution in [-0.4, -0.2) is 43.1 Å². The lowest BCUT2D eigenvalue weighted by atomic mass is 10.0. The average Bonchev–Trinajstić information content (AvgIpc) is 2.48. The van der Waals surface area contributed by atoms with Gasteiger partial charge in [-0.1, -0.05) is 26.0 Å². The summed E-state index contributed by atoms with van der Waals surface area (Å²) >= 11 is 1.90. The number of thioether (sulfide) groups is 1. The maximum absolute atomic E-state index is 13.4. The van der Waals surface area contributed by atoms with Crippen LogP contribution in [0.2, 0.25) is 0 Å². The maximum atomic E-state index is 13.4. The normalized spacial score (nSPS) is 14.4. The molecule has 1 aromatic rings. The Bertz CT molecular complexity index is 400. The van der Waals surface area contributed by atoms with Crippen molar-refractivity contribution in [1.82, 2.24) is 10.2 Å². The van der Waals surface area contributed by atoms with E-state index in [4.69, 9.17) is 0 Å². The molecule has 2 nitrogen and oxygen atoms in total. The molecule has 0 radical (unpaired) electrons. The molecule has 0 aromatic heterocycles. The summed E-state index contributed by atoms with van der Waals surface area (Å²) in [6.45, 7) is 6.25. The first kappa shape index (κ1) is 18.5. The highest BCUT2D eigenvalue weighted by molar-refractivity contribution is 7.98. The van der Waals surface area contributed by atoms with E-state index in [1.54, 1.807) is 12.1 Å². The largest absolute Gasteiger partial charge is 0.310 e. The standard InChI is InChI=1S/C17H29FN2S/c1-5-16(13-21-4)20(3)11-10-17(19-6-2)14-8-7-9-15(18)12-14/h7-9,12,16-17,19H,5-6,10-11,13H2,1-4H3. The highest BCUT2D eigenvalue weighted by Gasteiger charge is 2.16. The van der Waals surface area contributed by atoms with Crippen molar-refractivity contribution in [2.24, 2.45) is 0 Å². The molecule has 0 fully saturated rings. The Kier molecular flexibility index (Phi) is 8.97. The van der Waals surface area contributed by atoms with E-state index in [-0.39, 0.29) is 11.9 Å². The van der Waals surface area contributed by atoms with Gasteiger partial charge in [-0.25, -0.2) is 4.39 Å². The van der Waals surface area contributed by atoms with Crippen molar-refractivity contribution in [1.29, 1.82) is 0 Å². The molecule has 2 unspecified atom stereocenters. The highest BCUT2D eigenvalue weighted by atomic mass is 32.2. The molecule has 1 N–H and O–H groups in total. The zero-order valence-electron chi connectivity index (χ0n) is 13.7. The van der Waals surface area contributed by atoms with Crippen LogP contribution in [0.4, 0.5) is 4.39 Å².